The van der Waals surface area contributed by atoms with E-state index in [1.165, 1.54) is 6.07 Å². The molecule has 106 valence electrons. The van der Waals surface area contributed by atoms with Crippen molar-refractivity contribution in [3.05, 3.63) is 50.9 Å². The van der Waals surface area contributed by atoms with Crippen LogP contribution in [0.5, 0.6) is 0 Å². The van der Waals surface area contributed by atoms with Crippen molar-refractivity contribution in [2.45, 2.75) is 11.8 Å². The van der Waals surface area contributed by atoms with Gasteiger partial charge in [-0.3, -0.25) is 4.72 Å². The van der Waals surface area contributed by atoms with Gasteiger partial charge in [0, 0.05) is 14.6 Å². The fourth-order valence-electron chi connectivity index (χ4n) is 1.65. The van der Waals surface area contributed by atoms with Crippen LogP contribution in [0, 0.1) is 6.92 Å². The van der Waals surface area contributed by atoms with E-state index < -0.39 is 10.0 Å². The second-order valence-corrected chi connectivity index (χ2v) is 7.57. The average molecular weight is 420 g/mol. The molecule has 7 heteroatoms. The molecule has 0 aliphatic rings. The van der Waals surface area contributed by atoms with E-state index in [9.17, 15) is 8.42 Å². The number of anilines is 2. The maximum atomic E-state index is 12.4. The van der Waals surface area contributed by atoms with Crippen molar-refractivity contribution in [2.75, 3.05) is 10.5 Å². The smallest absolute Gasteiger partial charge is 0.263 e. The molecule has 0 spiro atoms. The van der Waals surface area contributed by atoms with Crippen molar-refractivity contribution in [1.82, 2.24) is 0 Å². The number of sulfonamides is 1. The second kappa shape index (κ2) is 5.75. The predicted octanol–water partition coefficient (Wildman–Crippen LogP) is 3.90. The molecule has 4 nitrogen and oxygen atoms in total. The first-order valence-electron chi connectivity index (χ1n) is 5.64. The van der Waals surface area contributed by atoms with E-state index in [-0.39, 0.29) is 4.90 Å². The van der Waals surface area contributed by atoms with Crippen molar-refractivity contribution in [3.8, 4) is 0 Å². The molecule has 3 N–H and O–H groups in total. The molecule has 0 aliphatic heterocycles. The highest BCUT2D eigenvalue weighted by Crippen LogP contribution is 2.29. The highest BCUT2D eigenvalue weighted by Gasteiger charge is 2.19. The molecule has 0 aliphatic carbocycles. The summed E-state index contributed by atoms with van der Waals surface area (Å²) in [5, 5.41) is 0. The first-order valence-corrected chi connectivity index (χ1v) is 8.71. The monoisotopic (exact) mass is 418 g/mol. The minimum Gasteiger partial charge on any atom is -0.399 e. The van der Waals surface area contributed by atoms with Crippen LogP contribution in [0.1, 0.15) is 5.56 Å². The summed E-state index contributed by atoms with van der Waals surface area (Å²) in [5.74, 6) is 0. The normalized spacial score (nSPS) is 11.3. The van der Waals surface area contributed by atoms with Crippen LogP contribution in [0.15, 0.2) is 50.2 Å². The average Bonchev–Trinajstić information content (AvgIpc) is 2.34. The first kappa shape index (κ1) is 15.3. The van der Waals surface area contributed by atoms with E-state index in [0.717, 1.165) is 10.0 Å². The van der Waals surface area contributed by atoms with Crippen molar-refractivity contribution in [1.29, 1.82) is 0 Å². The molecule has 0 saturated carbocycles. The quantitative estimate of drug-likeness (QED) is 0.741. The van der Waals surface area contributed by atoms with E-state index in [2.05, 4.69) is 36.6 Å². The summed E-state index contributed by atoms with van der Waals surface area (Å²) in [7, 11) is -3.67. The lowest BCUT2D eigenvalue weighted by atomic mass is 10.2. The summed E-state index contributed by atoms with van der Waals surface area (Å²) in [4.78, 5) is 0.145. The maximum Gasteiger partial charge on any atom is 0.263 e. The van der Waals surface area contributed by atoms with Crippen LogP contribution >= 0.6 is 31.9 Å². The van der Waals surface area contributed by atoms with Gasteiger partial charge in [0.15, 0.2) is 0 Å². The summed E-state index contributed by atoms with van der Waals surface area (Å²) in [5.41, 5.74) is 7.46. The topological polar surface area (TPSA) is 72.2 Å². The SMILES string of the molecule is Cc1c(Br)cccc1NS(=O)(=O)c1ccc(N)cc1Br. The summed E-state index contributed by atoms with van der Waals surface area (Å²) in [6.07, 6.45) is 0. The van der Waals surface area contributed by atoms with E-state index >= 15 is 0 Å². The molecule has 0 heterocycles. The number of nitrogens with two attached hydrogens (primary N) is 1. The molecule has 2 rings (SSSR count). The zero-order chi connectivity index (χ0) is 14.9. The lowest BCUT2D eigenvalue weighted by Gasteiger charge is -2.12. The molecule has 0 amide bonds. The Morgan fingerprint density at radius 1 is 1.10 bits per heavy atom. The van der Waals surface area contributed by atoms with E-state index in [0.29, 0.717) is 15.8 Å². The molecule has 0 saturated heterocycles. The highest BCUT2D eigenvalue weighted by molar-refractivity contribution is 9.10. The Morgan fingerprint density at radius 2 is 1.80 bits per heavy atom. The third-order valence-corrected chi connectivity index (χ3v) is 5.96. The molecular weight excluding hydrogens is 408 g/mol. The van der Waals surface area contributed by atoms with Crippen LogP contribution in [0.3, 0.4) is 0 Å². The van der Waals surface area contributed by atoms with Crippen LogP contribution < -0.4 is 10.5 Å². The van der Waals surface area contributed by atoms with Gasteiger partial charge in [-0.05, 0) is 58.7 Å². The minimum atomic E-state index is -3.67. The van der Waals surface area contributed by atoms with Gasteiger partial charge < -0.3 is 5.73 Å². The number of benzene rings is 2. The maximum absolute atomic E-state index is 12.4. The summed E-state index contributed by atoms with van der Waals surface area (Å²) in [6, 6.07) is 9.91. The molecule has 0 unspecified atom stereocenters. The van der Waals surface area contributed by atoms with Gasteiger partial charge in [-0.25, -0.2) is 8.42 Å². The molecular formula is C13H12Br2N2O2S. The Hall–Kier alpha value is -1.05. The summed E-state index contributed by atoms with van der Waals surface area (Å²) in [6.45, 7) is 1.83. The summed E-state index contributed by atoms with van der Waals surface area (Å²) >= 11 is 6.59. The van der Waals surface area contributed by atoms with E-state index in [4.69, 9.17) is 5.73 Å². The standard InChI is InChI=1S/C13H12Br2N2O2S/c1-8-10(14)3-2-4-12(8)17-20(18,19)13-6-5-9(16)7-11(13)15/h2-7,17H,16H2,1H3. The number of hydrogen-bond donors (Lipinski definition) is 2. The molecule has 0 fully saturated rings. The Labute approximate surface area is 134 Å². The highest BCUT2D eigenvalue weighted by atomic mass is 79.9. The fraction of sp³-hybridized carbons (Fsp3) is 0.0769. The van der Waals surface area contributed by atoms with Gasteiger partial charge in [0.1, 0.15) is 4.90 Å². The van der Waals surface area contributed by atoms with Gasteiger partial charge in [0.05, 0.1) is 5.69 Å². The van der Waals surface area contributed by atoms with Gasteiger partial charge >= 0.3 is 0 Å². The fourth-order valence-corrected chi connectivity index (χ4v) is 4.24. The zero-order valence-corrected chi connectivity index (χ0v) is 14.5. The van der Waals surface area contributed by atoms with Crippen molar-refractivity contribution >= 4 is 53.3 Å². The van der Waals surface area contributed by atoms with Crippen LogP contribution in [0.4, 0.5) is 11.4 Å². The molecule has 0 bridgehead atoms. The van der Waals surface area contributed by atoms with E-state index in [1.54, 1.807) is 24.3 Å². The van der Waals surface area contributed by atoms with Crippen molar-refractivity contribution < 1.29 is 8.42 Å². The summed E-state index contributed by atoms with van der Waals surface area (Å²) < 4.78 is 28.6. The lowest BCUT2D eigenvalue weighted by Crippen LogP contribution is -2.14. The van der Waals surface area contributed by atoms with Gasteiger partial charge in [0.25, 0.3) is 10.0 Å². The minimum absolute atomic E-state index is 0.145. The second-order valence-electron chi connectivity index (χ2n) is 4.21. The number of nitrogens with one attached hydrogen (secondary N) is 1. The van der Waals surface area contributed by atoms with Crippen LogP contribution in [-0.4, -0.2) is 8.42 Å². The molecule has 20 heavy (non-hydrogen) atoms. The number of hydrogen-bond acceptors (Lipinski definition) is 3. The number of nitrogen functional groups attached to an aromatic ring is 1. The zero-order valence-electron chi connectivity index (χ0n) is 10.5. The molecule has 0 radical (unpaired) electrons. The third-order valence-electron chi connectivity index (χ3n) is 2.76. The van der Waals surface area contributed by atoms with Crippen molar-refractivity contribution in [2.24, 2.45) is 0 Å². The molecule has 2 aromatic carbocycles. The van der Waals surface area contributed by atoms with Crippen LogP contribution in [-0.2, 0) is 10.0 Å². The Kier molecular flexibility index (Phi) is 4.41. The molecule has 0 atom stereocenters. The van der Waals surface area contributed by atoms with Gasteiger partial charge in [-0.2, -0.15) is 0 Å². The van der Waals surface area contributed by atoms with Crippen LogP contribution in [0.2, 0.25) is 0 Å². The predicted molar refractivity (Wildman–Crippen MR) is 88.2 cm³/mol. The van der Waals surface area contributed by atoms with Gasteiger partial charge in [0.2, 0.25) is 0 Å². The Balaban J connectivity index is 2.44. The van der Waals surface area contributed by atoms with E-state index in [1.807, 2.05) is 13.0 Å². The largest absolute Gasteiger partial charge is 0.399 e. The van der Waals surface area contributed by atoms with Gasteiger partial charge in [-0.15, -0.1) is 0 Å². The van der Waals surface area contributed by atoms with Crippen LogP contribution in [0.25, 0.3) is 0 Å². The first-order chi connectivity index (χ1) is 9.31. The number of rotatable bonds is 3. The molecule has 0 aromatic heterocycles. The third kappa shape index (κ3) is 3.16. The number of halogens is 2. The molecule has 2 aromatic rings. The lowest BCUT2D eigenvalue weighted by molar-refractivity contribution is 0.600. The Morgan fingerprint density at radius 3 is 2.45 bits per heavy atom. The van der Waals surface area contributed by atoms with Crippen molar-refractivity contribution in [3.63, 3.8) is 0 Å². The Bertz CT molecular complexity index is 761. The van der Waals surface area contributed by atoms with Gasteiger partial charge in [-0.1, -0.05) is 22.0 Å².